The van der Waals surface area contributed by atoms with Crippen LogP contribution in [-0.2, 0) is 4.79 Å². The van der Waals surface area contributed by atoms with Crippen molar-refractivity contribution in [1.29, 1.82) is 0 Å². The molecule has 0 radical (unpaired) electrons. The molecule has 1 aliphatic rings. The van der Waals surface area contributed by atoms with Gasteiger partial charge in [0.1, 0.15) is 0 Å². The number of anilines is 2. The highest BCUT2D eigenvalue weighted by Gasteiger charge is 2.15. The molecule has 1 amide bonds. The molecule has 1 heterocycles. The molecule has 1 saturated heterocycles. The number of hydrogen-bond donors (Lipinski definition) is 2. The molecule has 2 rings (SSSR count). The summed E-state index contributed by atoms with van der Waals surface area (Å²) in [5.41, 5.74) is 7.58. The fourth-order valence-electron chi connectivity index (χ4n) is 2.21. The summed E-state index contributed by atoms with van der Waals surface area (Å²) in [5, 5.41) is 2.80. The molecule has 1 aromatic carbocycles. The monoisotopic (exact) mass is 257 g/mol. The second kappa shape index (κ2) is 6.26. The minimum atomic E-state index is -0.652. The maximum atomic E-state index is 11.8. The fraction of sp³-hybridized carbons (Fsp3) is 0.400. The molecule has 3 N–H and O–H groups in total. The Balaban J connectivity index is 2.02. The van der Waals surface area contributed by atoms with E-state index in [4.69, 9.17) is 12.2 Å². The van der Waals surface area contributed by atoms with Crippen molar-refractivity contribution in [3.8, 4) is 12.3 Å². The van der Waals surface area contributed by atoms with Gasteiger partial charge < -0.3 is 16.0 Å². The number of carbonyl (C=O) groups excluding carboxylic acids is 1. The van der Waals surface area contributed by atoms with Crippen LogP contribution in [0.1, 0.15) is 19.3 Å². The molecular formula is C15H19N3O. The Kier molecular flexibility index (Phi) is 4.43. The van der Waals surface area contributed by atoms with E-state index in [-0.39, 0.29) is 12.3 Å². The van der Waals surface area contributed by atoms with Crippen LogP contribution in [-0.4, -0.2) is 25.0 Å². The molecule has 0 aromatic heterocycles. The first-order valence-corrected chi connectivity index (χ1v) is 6.55. The van der Waals surface area contributed by atoms with Gasteiger partial charge in [-0.1, -0.05) is 6.07 Å². The number of benzene rings is 1. The number of nitrogens with two attached hydrogens (primary N) is 1. The highest BCUT2D eigenvalue weighted by atomic mass is 16.2. The van der Waals surface area contributed by atoms with Crippen LogP contribution in [0.25, 0.3) is 0 Å². The van der Waals surface area contributed by atoms with E-state index >= 15 is 0 Å². The minimum Gasteiger partial charge on any atom is -0.371 e. The minimum absolute atomic E-state index is 0.239. The Morgan fingerprint density at radius 3 is 2.89 bits per heavy atom. The number of terminal acetylenes is 1. The Morgan fingerprint density at radius 2 is 2.21 bits per heavy atom. The third-order valence-corrected chi connectivity index (χ3v) is 3.26. The maximum Gasteiger partial charge on any atom is 0.242 e. The molecule has 1 aromatic rings. The quantitative estimate of drug-likeness (QED) is 0.805. The average Bonchev–Trinajstić information content (AvgIpc) is 2.93. The van der Waals surface area contributed by atoms with Crippen LogP contribution in [0.4, 0.5) is 11.4 Å². The number of amides is 1. The SMILES string of the molecule is C#CCC(N)C(=O)Nc1cccc(N2CCCC2)c1. The molecule has 0 saturated carbocycles. The number of rotatable bonds is 4. The van der Waals surface area contributed by atoms with Gasteiger partial charge in [-0.2, -0.15) is 0 Å². The zero-order chi connectivity index (χ0) is 13.7. The van der Waals surface area contributed by atoms with Crippen molar-refractivity contribution in [3.63, 3.8) is 0 Å². The van der Waals surface area contributed by atoms with Gasteiger partial charge in [-0.3, -0.25) is 4.79 Å². The van der Waals surface area contributed by atoms with E-state index in [9.17, 15) is 4.79 Å². The topological polar surface area (TPSA) is 58.4 Å². The zero-order valence-corrected chi connectivity index (χ0v) is 10.9. The van der Waals surface area contributed by atoms with Crippen molar-refractivity contribution in [3.05, 3.63) is 24.3 Å². The maximum absolute atomic E-state index is 11.8. The lowest BCUT2D eigenvalue weighted by atomic mass is 10.2. The molecule has 0 aliphatic carbocycles. The van der Waals surface area contributed by atoms with Crippen molar-refractivity contribution in [2.24, 2.45) is 5.73 Å². The number of carbonyl (C=O) groups is 1. The molecular weight excluding hydrogens is 238 g/mol. The van der Waals surface area contributed by atoms with Crippen molar-refractivity contribution < 1.29 is 4.79 Å². The van der Waals surface area contributed by atoms with Crippen molar-refractivity contribution >= 4 is 17.3 Å². The Morgan fingerprint density at radius 1 is 1.47 bits per heavy atom. The predicted octanol–water partition coefficient (Wildman–Crippen LogP) is 1.58. The molecule has 4 heteroatoms. The summed E-state index contributed by atoms with van der Waals surface area (Å²) in [6, 6.07) is 7.19. The van der Waals surface area contributed by atoms with Gasteiger partial charge in [-0.05, 0) is 31.0 Å². The molecule has 0 spiro atoms. The van der Waals surface area contributed by atoms with Crippen molar-refractivity contribution in [2.75, 3.05) is 23.3 Å². The van der Waals surface area contributed by atoms with Crippen molar-refractivity contribution in [1.82, 2.24) is 0 Å². The lowest BCUT2D eigenvalue weighted by molar-refractivity contribution is -0.117. The summed E-state index contributed by atoms with van der Waals surface area (Å²) in [4.78, 5) is 14.1. The van der Waals surface area contributed by atoms with E-state index in [0.29, 0.717) is 0 Å². The Bertz CT molecular complexity index is 486. The number of hydrogen-bond acceptors (Lipinski definition) is 3. The second-order valence-corrected chi connectivity index (χ2v) is 4.75. The molecule has 0 bridgehead atoms. The van der Waals surface area contributed by atoms with E-state index in [2.05, 4.69) is 22.2 Å². The Labute approximate surface area is 114 Å². The summed E-state index contributed by atoms with van der Waals surface area (Å²) in [7, 11) is 0. The second-order valence-electron chi connectivity index (χ2n) is 4.75. The van der Waals surface area contributed by atoms with Gasteiger partial charge in [0, 0.05) is 30.9 Å². The van der Waals surface area contributed by atoms with Crippen LogP contribution in [0.15, 0.2) is 24.3 Å². The summed E-state index contributed by atoms with van der Waals surface area (Å²) < 4.78 is 0. The van der Waals surface area contributed by atoms with Crippen LogP contribution >= 0.6 is 0 Å². The first kappa shape index (κ1) is 13.4. The summed E-state index contributed by atoms with van der Waals surface area (Å²) >= 11 is 0. The highest BCUT2D eigenvalue weighted by Crippen LogP contribution is 2.23. The molecule has 1 atom stereocenters. The van der Waals surface area contributed by atoms with Gasteiger partial charge >= 0.3 is 0 Å². The third-order valence-electron chi connectivity index (χ3n) is 3.26. The van der Waals surface area contributed by atoms with E-state index in [1.165, 1.54) is 12.8 Å². The van der Waals surface area contributed by atoms with Gasteiger partial charge in [-0.15, -0.1) is 12.3 Å². The van der Waals surface area contributed by atoms with Gasteiger partial charge in [0.25, 0.3) is 0 Å². The Hall–Kier alpha value is -1.99. The normalized spacial score (nSPS) is 15.9. The van der Waals surface area contributed by atoms with E-state index < -0.39 is 6.04 Å². The van der Waals surface area contributed by atoms with Crippen LogP contribution in [0.5, 0.6) is 0 Å². The van der Waals surface area contributed by atoms with Gasteiger partial charge in [-0.25, -0.2) is 0 Å². The lowest BCUT2D eigenvalue weighted by Gasteiger charge is -2.18. The predicted molar refractivity (Wildman–Crippen MR) is 77.9 cm³/mol. The fourth-order valence-corrected chi connectivity index (χ4v) is 2.21. The van der Waals surface area contributed by atoms with Gasteiger partial charge in [0.15, 0.2) is 0 Å². The van der Waals surface area contributed by atoms with Crippen molar-refractivity contribution in [2.45, 2.75) is 25.3 Å². The number of nitrogens with zero attached hydrogens (tertiary/aromatic N) is 1. The molecule has 1 fully saturated rings. The third kappa shape index (κ3) is 3.49. The van der Waals surface area contributed by atoms with Gasteiger partial charge in [0.2, 0.25) is 5.91 Å². The molecule has 4 nitrogen and oxygen atoms in total. The first-order valence-electron chi connectivity index (χ1n) is 6.55. The van der Waals surface area contributed by atoms with E-state index in [0.717, 1.165) is 24.5 Å². The standard InChI is InChI=1S/C15H19N3O/c1-2-6-14(16)15(19)17-12-7-5-8-13(11-12)18-9-3-4-10-18/h1,5,7-8,11,14H,3-4,6,9-10,16H2,(H,17,19). The smallest absolute Gasteiger partial charge is 0.242 e. The molecule has 1 unspecified atom stereocenters. The van der Waals surface area contributed by atoms with E-state index in [1.807, 2.05) is 18.2 Å². The van der Waals surface area contributed by atoms with Crippen LogP contribution < -0.4 is 16.0 Å². The summed E-state index contributed by atoms with van der Waals surface area (Å²) in [6.07, 6.45) is 7.85. The van der Waals surface area contributed by atoms with Crippen LogP contribution in [0, 0.1) is 12.3 Å². The van der Waals surface area contributed by atoms with Crippen LogP contribution in [0.3, 0.4) is 0 Å². The molecule has 100 valence electrons. The van der Waals surface area contributed by atoms with E-state index in [1.54, 1.807) is 0 Å². The highest BCUT2D eigenvalue weighted by molar-refractivity contribution is 5.95. The summed E-state index contributed by atoms with van der Waals surface area (Å²) in [6.45, 7) is 2.15. The van der Waals surface area contributed by atoms with Crippen LogP contribution in [0.2, 0.25) is 0 Å². The number of nitrogens with one attached hydrogen (secondary N) is 1. The average molecular weight is 257 g/mol. The lowest BCUT2D eigenvalue weighted by Crippen LogP contribution is -2.35. The molecule has 1 aliphatic heterocycles. The zero-order valence-electron chi connectivity index (χ0n) is 10.9. The first-order chi connectivity index (χ1) is 9.20. The largest absolute Gasteiger partial charge is 0.371 e. The molecule has 19 heavy (non-hydrogen) atoms. The van der Waals surface area contributed by atoms with Gasteiger partial charge in [0.05, 0.1) is 6.04 Å². The summed E-state index contributed by atoms with van der Waals surface area (Å²) in [5.74, 6) is 2.16.